The third-order valence-electron chi connectivity index (χ3n) is 3.53. The van der Waals surface area contributed by atoms with E-state index in [0.717, 1.165) is 18.9 Å². The predicted molar refractivity (Wildman–Crippen MR) is 84.7 cm³/mol. The number of hydrogen-bond acceptors (Lipinski definition) is 4. The van der Waals surface area contributed by atoms with Gasteiger partial charge in [0.25, 0.3) is 5.91 Å². The number of hydrogen-bond donors (Lipinski definition) is 1. The maximum atomic E-state index is 12.1. The van der Waals surface area contributed by atoms with Gasteiger partial charge in [0, 0.05) is 25.3 Å². The van der Waals surface area contributed by atoms with Crippen LogP contribution in [-0.2, 0) is 4.74 Å². The van der Waals surface area contributed by atoms with Gasteiger partial charge in [0.1, 0.15) is 0 Å². The number of methoxy groups -OCH3 is 1. The van der Waals surface area contributed by atoms with Crippen molar-refractivity contribution >= 4 is 5.91 Å². The molecule has 5 nitrogen and oxygen atoms in total. The Labute approximate surface area is 131 Å². The maximum Gasteiger partial charge on any atom is 0.251 e. The van der Waals surface area contributed by atoms with Gasteiger partial charge in [0.2, 0.25) is 0 Å². The number of carbonyl (C=O) groups excluding carboxylic acids is 1. The van der Waals surface area contributed by atoms with E-state index in [-0.39, 0.29) is 5.91 Å². The van der Waals surface area contributed by atoms with Crippen molar-refractivity contribution in [2.24, 2.45) is 5.92 Å². The topological polar surface area (TPSA) is 56.8 Å². The van der Waals surface area contributed by atoms with Gasteiger partial charge in [-0.15, -0.1) is 0 Å². The highest BCUT2D eigenvalue weighted by Crippen LogP contribution is 2.29. The Hall–Kier alpha value is -1.75. The van der Waals surface area contributed by atoms with E-state index in [0.29, 0.717) is 36.8 Å². The van der Waals surface area contributed by atoms with Crippen LogP contribution in [0.5, 0.6) is 11.5 Å². The highest BCUT2D eigenvalue weighted by atomic mass is 16.5. The lowest BCUT2D eigenvalue weighted by molar-refractivity contribution is 0.0937. The summed E-state index contributed by atoms with van der Waals surface area (Å²) in [6, 6.07) is 5.20. The van der Waals surface area contributed by atoms with Crippen LogP contribution in [0, 0.1) is 5.92 Å². The van der Waals surface area contributed by atoms with Crippen molar-refractivity contribution in [1.82, 2.24) is 5.32 Å². The van der Waals surface area contributed by atoms with Gasteiger partial charge in [0.05, 0.1) is 13.7 Å². The second-order valence-electron chi connectivity index (χ2n) is 5.43. The minimum Gasteiger partial charge on any atom is -0.493 e. The molecule has 1 fully saturated rings. The SMILES string of the molecule is CCOc1ccc(C(=O)NCCCOCC2CC2)cc1OC. The minimum atomic E-state index is -0.108. The highest BCUT2D eigenvalue weighted by molar-refractivity contribution is 5.94. The van der Waals surface area contributed by atoms with E-state index >= 15 is 0 Å². The lowest BCUT2D eigenvalue weighted by Crippen LogP contribution is -2.25. The van der Waals surface area contributed by atoms with Crippen LogP contribution >= 0.6 is 0 Å². The van der Waals surface area contributed by atoms with Crippen LogP contribution in [0.1, 0.15) is 36.5 Å². The van der Waals surface area contributed by atoms with Gasteiger partial charge in [-0.25, -0.2) is 0 Å². The smallest absolute Gasteiger partial charge is 0.251 e. The predicted octanol–water partition coefficient (Wildman–Crippen LogP) is 2.64. The number of ether oxygens (including phenoxy) is 3. The van der Waals surface area contributed by atoms with Crippen LogP contribution in [0.15, 0.2) is 18.2 Å². The van der Waals surface area contributed by atoms with E-state index in [1.165, 1.54) is 12.8 Å². The molecule has 0 heterocycles. The molecule has 0 unspecified atom stereocenters. The van der Waals surface area contributed by atoms with Crippen molar-refractivity contribution in [3.05, 3.63) is 23.8 Å². The molecule has 1 saturated carbocycles. The zero-order chi connectivity index (χ0) is 15.8. The molecule has 1 amide bonds. The molecule has 1 aliphatic carbocycles. The van der Waals surface area contributed by atoms with E-state index in [9.17, 15) is 4.79 Å². The van der Waals surface area contributed by atoms with Crippen LogP contribution < -0.4 is 14.8 Å². The Morgan fingerprint density at radius 3 is 2.82 bits per heavy atom. The summed E-state index contributed by atoms with van der Waals surface area (Å²) in [6.07, 6.45) is 3.43. The molecule has 0 radical (unpaired) electrons. The maximum absolute atomic E-state index is 12.1. The van der Waals surface area contributed by atoms with Gasteiger partial charge in [-0.1, -0.05) is 0 Å². The average Bonchev–Trinajstić information content (AvgIpc) is 3.35. The quantitative estimate of drug-likeness (QED) is 0.675. The van der Waals surface area contributed by atoms with Gasteiger partial charge in [0.15, 0.2) is 11.5 Å². The summed E-state index contributed by atoms with van der Waals surface area (Å²) in [5, 5.41) is 2.89. The summed E-state index contributed by atoms with van der Waals surface area (Å²) in [5.41, 5.74) is 0.569. The van der Waals surface area contributed by atoms with Crippen LogP contribution in [0.25, 0.3) is 0 Å². The zero-order valence-electron chi connectivity index (χ0n) is 13.4. The first-order valence-corrected chi connectivity index (χ1v) is 7.91. The first kappa shape index (κ1) is 16.6. The summed E-state index contributed by atoms with van der Waals surface area (Å²) in [5.74, 6) is 1.90. The standard InChI is InChI=1S/C17H25NO4/c1-3-22-15-8-7-14(11-16(15)20-2)17(19)18-9-4-10-21-12-13-5-6-13/h7-8,11,13H,3-6,9-10,12H2,1-2H3,(H,18,19). The second kappa shape index (κ2) is 8.63. The van der Waals surface area contributed by atoms with Crippen molar-refractivity contribution in [2.75, 3.05) is 33.5 Å². The van der Waals surface area contributed by atoms with E-state index < -0.39 is 0 Å². The Balaban J connectivity index is 1.73. The van der Waals surface area contributed by atoms with Gasteiger partial charge in [-0.05, 0) is 50.3 Å². The van der Waals surface area contributed by atoms with Crippen LogP contribution in [0.3, 0.4) is 0 Å². The van der Waals surface area contributed by atoms with E-state index in [1.807, 2.05) is 6.92 Å². The Kier molecular flexibility index (Phi) is 6.52. The van der Waals surface area contributed by atoms with Crippen molar-refractivity contribution < 1.29 is 19.0 Å². The summed E-state index contributed by atoms with van der Waals surface area (Å²) in [7, 11) is 1.57. The summed E-state index contributed by atoms with van der Waals surface area (Å²) >= 11 is 0. The number of nitrogens with one attached hydrogen (secondary N) is 1. The van der Waals surface area contributed by atoms with Crippen molar-refractivity contribution in [3.63, 3.8) is 0 Å². The van der Waals surface area contributed by atoms with Crippen molar-refractivity contribution in [2.45, 2.75) is 26.2 Å². The molecule has 22 heavy (non-hydrogen) atoms. The van der Waals surface area contributed by atoms with Crippen molar-refractivity contribution in [1.29, 1.82) is 0 Å². The molecule has 122 valence electrons. The Morgan fingerprint density at radius 2 is 2.14 bits per heavy atom. The molecule has 1 aliphatic rings. The van der Waals surface area contributed by atoms with E-state index in [4.69, 9.17) is 14.2 Å². The first-order chi connectivity index (χ1) is 10.7. The van der Waals surface area contributed by atoms with Gasteiger partial charge in [-0.2, -0.15) is 0 Å². The Morgan fingerprint density at radius 1 is 1.32 bits per heavy atom. The van der Waals surface area contributed by atoms with Gasteiger partial charge >= 0.3 is 0 Å². The lowest BCUT2D eigenvalue weighted by Gasteiger charge is -2.11. The molecular weight excluding hydrogens is 282 g/mol. The highest BCUT2D eigenvalue weighted by Gasteiger charge is 2.20. The summed E-state index contributed by atoms with van der Waals surface area (Å²) in [6.45, 7) is 4.64. The molecule has 0 bridgehead atoms. The molecule has 5 heteroatoms. The zero-order valence-corrected chi connectivity index (χ0v) is 13.4. The number of amides is 1. The minimum absolute atomic E-state index is 0.108. The molecule has 0 spiro atoms. The van der Waals surface area contributed by atoms with E-state index in [2.05, 4.69) is 5.32 Å². The normalized spacial score (nSPS) is 13.7. The van der Waals surface area contributed by atoms with Crippen LogP contribution in [0.2, 0.25) is 0 Å². The lowest BCUT2D eigenvalue weighted by atomic mass is 10.2. The summed E-state index contributed by atoms with van der Waals surface area (Å²) < 4.78 is 16.2. The average molecular weight is 307 g/mol. The van der Waals surface area contributed by atoms with E-state index in [1.54, 1.807) is 25.3 Å². The van der Waals surface area contributed by atoms with Crippen molar-refractivity contribution in [3.8, 4) is 11.5 Å². The fraction of sp³-hybridized carbons (Fsp3) is 0.588. The van der Waals surface area contributed by atoms with Gasteiger partial charge in [-0.3, -0.25) is 4.79 Å². The number of carbonyl (C=O) groups is 1. The largest absolute Gasteiger partial charge is 0.493 e. The van der Waals surface area contributed by atoms with Crippen LogP contribution in [0.4, 0.5) is 0 Å². The summed E-state index contributed by atoms with van der Waals surface area (Å²) in [4.78, 5) is 12.1. The molecule has 1 aromatic rings. The molecule has 0 aromatic heterocycles. The molecule has 2 rings (SSSR count). The van der Waals surface area contributed by atoms with Crippen LogP contribution in [-0.4, -0.2) is 39.4 Å². The fourth-order valence-electron chi connectivity index (χ4n) is 2.10. The molecule has 0 aliphatic heterocycles. The third kappa shape index (κ3) is 5.22. The number of benzene rings is 1. The molecule has 1 aromatic carbocycles. The molecule has 1 N–H and O–H groups in total. The second-order valence-corrected chi connectivity index (χ2v) is 5.43. The van der Waals surface area contributed by atoms with Gasteiger partial charge < -0.3 is 19.5 Å². The third-order valence-corrected chi connectivity index (χ3v) is 3.53. The number of rotatable bonds is 10. The fourth-order valence-corrected chi connectivity index (χ4v) is 2.10. The molecule has 0 atom stereocenters. The first-order valence-electron chi connectivity index (χ1n) is 7.91. The molecular formula is C17H25NO4. The Bertz CT molecular complexity index is 486. The monoisotopic (exact) mass is 307 g/mol. The molecule has 0 saturated heterocycles.